The Labute approximate surface area is 350 Å². The molecule has 0 spiro atoms. The second kappa shape index (κ2) is 40.4. The maximum absolute atomic E-state index is 12.3. The number of ether oxygens (including phenoxy) is 1. The van der Waals surface area contributed by atoms with Crippen LogP contribution in [0, 0.1) is 0 Å². The van der Waals surface area contributed by atoms with E-state index in [4.69, 9.17) is 13.8 Å². The van der Waals surface area contributed by atoms with E-state index in [1.54, 1.807) is 0 Å². The second-order valence-corrected chi connectivity index (χ2v) is 15.6. The van der Waals surface area contributed by atoms with Gasteiger partial charge in [0.05, 0.1) is 13.2 Å². The number of carboxylic acids is 1. The number of aliphatic hydroxyl groups is 1. The molecular formula is C46H76NO10P. The minimum absolute atomic E-state index is 0.0610. The lowest BCUT2D eigenvalue weighted by molar-refractivity contribution is -0.147. The normalized spacial score (nSPS) is 14.6. The molecule has 0 saturated heterocycles. The lowest BCUT2D eigenvalue weighted by atomic mass is 10.1. The van der Waals surface area contributed by atoms with Gasteiger partial charge in [0, 0.05) is 12.8 Å². The summed E-state index contributed by atoms with van der Waals surface area (Å²) in [5.41, 5.74) is 0. The van der Waals surface area contributed by atoms with Gasteiger partial charge in [-0.1, -0.05) is 163 Å². The van der Waals surface area contributed by atoms with Crippen LogP contribution in [0.2, 0.25) is 0 Å². The molecule has 0 rings (SSSR count). The molecule has 0 saturated carbocycles. The molecule has 11 nitrogen and oxygen atoms in total. The summed E-state index contributed by atoms with van der Waals surface area (Å²) < 4.78 is 26.8. The zero-order valence-corrected chi connectivity index (χ0v) is 36.5. The molecular weight excluding hydrogens is 757 g/mol. The summed E-state index contributed by atoms with van der Waals surface area (Å²) in [5.74, 6) is -2.47. The summed E-state index contributed by atoms with van der Waals surface area (Å²) >= 11 is 0. The average Bonchev–Trinajstić information content (AvgIpc) is 3.20. The number of carboxylic acid groups (broad SMARTS) is 1. The van der Waals surface area contributed by atoms with Crippen molar-refractivity contribution in [2.24, 2.45) is 0 Å². The molecule has 0 aromatic heterocycles. The number of aliphatic hydroxyl groups excluding tert-OH is 1. The monoisotopic (exact) mass is 834 g/mol. The van der Waals surface area contributed by atoms with Crippen LogP contribution in [-0.2, 0) is 32.7 Å². The lowest BCUT2D eigenvalue weighted by Gasteiger charge is -2.18. The van der Waals surface area contributed by atoms with Gasteiger partial charge in [-0.05, 0) is 64.2 Å². The van der Waals surface area contributed by atoms with Crippen LogP contribution >= 0.6 is 7.82 Å². The number of esters is 1. The van der Waals surface area contributed by atoms with Gasteiger partial charge in [-0.15, -0.1) is 0 Å². The van der Waals surface area contributed by atoms with Crippen molar-refractivity contribution in [1.82, 2.24) is 5.32 Å². The third kappa shape index (κ3) is 39.5. The highest BCUT2D eigenvalue weighted by Crippen LogP contribution is 2.43. The molecule has 0 heterocycles. The molecule has 3 unspecified atom stereocenters. The van der Waals surface area contributed by atoms with E-state index in [1.807, 2.05) is 12.2 Å². The summed E-state index contributed by atoms with van der Waals surface area (Å²) in [5, 5.41) is 21.7. The minimum atomic E-state index is -4.77. The minimum Gasteiger partial charge on any atom is -0.480 e. The van der Waals surface area contributed by atoms with Crippen molar-refractivity contribution < 1.29 is 47.8 Å². The Bertz CT molecular complexity index is 1300. The topological polar surface area (TPSA) is 169 Å². The van der Waals surface area contributed by atoms with Crippen LogP contribution in [0.1, 0.15) is 155 Å². The summed E-state index contributed by atoms with van der Waals surface area (Å²) in [6, 6.07) is -1.58. The van der Waals surface area contributed by atoms with Gasteiger partial charge in [0.2, 0.25) is 5.91 Å². The van der Waals surface area contributed by atoms with E-state index in [1.165, 1.54) is 44.9 Å². The molecule has 4 N–H and O–H groups in total. The van der Waals surface area contributed by atoms with Crippen molar-refractivity contribution in [1.29, 1.82) is 0 Å². The molecule has 330 valence electrons. The zero-order chi connectivity index (χ0) is 42.8. The Kier molecular flexibility index (Phi) is 38.1. The van der Waals surface area contributed by atoms with Crippen LogP contribution < -0.4 is 5.32 Å². The summed E-state index contributed by atoms with van der Waals surface area (Å²) in [6.45, 7) is 2.41. The third-order valence-electron chi connectivity index (χ3n) is 8.70. The molecule has 0 radical (unpaired) electrons. The molecule has 0 bridgehead atoms. The maximum atomic E-state index is 12.3. The predicted octanol–water partition coefficient (Wildman–Crippen LogP) is 11.1. The molecule has 0 aromatic rings. The number of unbranched alkanes of at least 4 members (excludes halogenated alkanes) is 11. The van der Waals surface area contributed by atoms with Crippen molar-refractivity contribution in [3.05, 3.63) is 85.1 Å². The molecule has 0 aromatic carbocycles. The van der Waals surface area contributed by atoms with E-state index in [2.05, 4.69) is 92.1 Å². The largest absolute Gasteiger partial charge is 0.480 e. The molecule has 12 heteroatoms. The maximum Gasteiger partial charge on any atom is 0.472 e. The van der Waals surface area contributed by atoms with Gasteiger partial charge >= 0.3 is 19.8 Å². The van der Waals surface area contributed by atoms with Crippen LogP contribution in [-0.4, -0.2) is 64.9 Å². The zero-order valence-electron chi connectivity index (χ0n) is 35.6. The van der Waals surface area contributed by atoms with Gasteiger partial charge in [-0.3, -0.25) is 18.6 Å². The van der Waals surface area contributed by atoms with Crippen molar-refractivity contribution >= 4 is 25.7 Å². The van der Waals surface area contributed by atoms with Crippen LogP contribution in [0.25, 0.3) is 0 Å². The van der Waals surface area contributed by atoms with E-state index in [0.717, 1.165) is 64.2 Å². The fourth-order valence-corrected chi connectivity index (χ4v) is 6.13. The number of carbonyl (C=O) groups excluding carboxylic acids is 2. The van der Waals surface area contributed by atoms with Crippen molar-refractivity contribution in [2.45, 2.75) is 167 Å². The summed E-state index contributed by atoms with van der Waals surface area (Å²) in [4.78, 5) is 45.8. The Hall–Kier alpha value is -3.34. The van der Waals surface area contributed by atoms with Gasteiger partial charge in [-0.2, -0.15) is 0 Å². The Morgan fingerprint density at radius 3 is 1.47 bits per heavy atom. The first-order valence-electron chi connectivity index (χ1n) is 21.6. The number of allylic oxidation sites excluding steroid dienone is 14. The molecule has 58 heavy (non-hydrogen) atoms. The van der Waals surface area contributed by atoms with Crippen molar-refractivity contribution in [2.75, 3.05) is 19.8 Å². The standard InChI is InChI=1S/C46H76NO10P/c1-3-5-7-9-11-13-15-16-17-18-19-20-21-22-23-24-25-26-28-29-31-33-35-37-44(49)47-43(46(51)52)41-57-58(53,54)56-40-42(48)39-55-45(50)38-36-34-32-30-27-14-12-10-8-6-4-2/h5,7,11,13,16-17,19-20,22-23,25-26,29,31,42-43,48H,3-4,6,8-10,12,14-15,18,21,24,27-28,30,32-41H2,1-2H3,(H,47,49)(H,51,52)(H,53,54)/b7-5-,13-11-,17-16-,20-19-,23-22-,26-25-,31-29-. The summed E-state index contributed by atoms with van der Waals surface area (Å²) in [7, 11) is -4.77. The van der Waals surface area contributed by atoms with Crippen LogP contribution in [0.15, 0.2) is 85.1 Å². The van der Waals surface area contributed by atoms with Crippen LogP contribution in [0.5, 0.6) is 0 Å². The number of amides is 1. The molecule has 1 amide bonds. The molecule has 0 aliphatic rings. The fraction of sp³-hybridized carbons (Fsp3) is 0.630. The quantitative estimate of drug-likeness (QED) is 0.0202. The number of nitrogens with one attached hydrogen (secondary N) is 1. The number of phosphoric ester groups is 1. The van der Waals surface area contributed by atoms with E-state index in [0.29, 0.717) is 19.3 Å². The molecule has 3 atom stereocenters. The van der Waals surface area contributed by atoms with Gasteiger partial charge in [0.25, 0.3) is 0 Å². The van der Waals surface area contributed by atoms with E-state index >= 15 is 0 Å². The second-order valence-electron chi connectivity index (χ2n) is 14.2. The highest BCUT2D eigenvalue weighted by atomic mass is 31.2. The van der Waals surface area contributed by atoms with Crippen molar-refractivity contribution in [3.8, 4) is 0 Å². The van der Waals surface area contributed by atoms with Crippen molar-refractivity contribution in [3.63, 3.8) is 0 Å². The van der Waals surface area contributed by atoms with Gasteiger partial charge in [0.1, 0.15) is 12.7 Å². The number of hydrogen-bond donors (Lipinski definition) is 4. The van der Waals surface area contributed by atoms with Gasteiger partial charge in [0.15, 0.2) is 6.04 Å². The fourth-order valence-electron chi connectivity index (χ4n) is 5.36. The Balaban J connectivity index is 4.05. The molecule has 0 aliphatic heterocycles. The van der Waals surface area contributed by atoms with Crippen LogP contribution in [0.4, 0.5) is 0 Å². The summed E-state index contributed by atoms with van der Waals surface area (Å²) in [6.07, 6.45) is 49.1. The number of phosphoric acid groups is 1. The first-order valence-corrected chi connectivity index (χ1v) is 23.1. The SMILES string of the molecule is CC/C=C\C/C=C\C/C=C\C/C=C\C/C=C\C/C=C\C/C=C\CCCC(=O)NC(COP(=O)(O)OCC(O)COC(=O)CCCCCCCCCCCCC)C(=O)O. The Morgan fingerprint density at radius 1 is 0.569 bits per heavy atom. The number of hydrogen-bond acceptors (Lipinski definition) is 8. The van der Waals surface area contributed by atoms with E-state index < -0.39 is 57.6 Å². The van der Waals surface area contributed by atoms with Crippen LogP contribution in [0.3, 0.4) is 0 Å². The highest BCUT2D eigenvalue weighted by Gasteiger charge is 2.28. The predicted molar refractivity (Wildman–Crippen MR) is 235 cm³/mol. The number of carbonyl (C=O) groups is 3. The lowest BCUT2D eigenvalue weighted by Crippen LogP contribution is -2.43. The van der Waals surface area contributed by atoms with Gasteiger partial charge in [-0.25, -0.2) is 9.36 Å². The third-order valence-corrected chi connectivity index (χ3v) is 9.65. The number of aliphatic carboxylic acids is 1. The van der Waals surface area contributed by atoms with E-state index in [9.17, 15) is 34.1 Å². The number of rotatable bonds is 39. The van der Waals surface area contributed by atoms with Gasteiger partial charge < -0.3 is 25.2 Å². The molecule has 0 aliphatic carbocycles. The highest BCUT2D eigenvalue weighted by molar-refractivity contribution is 7.47. The van der Waals surface area contributed by atoms with E-state index in [-0.39, 0.29) is 12.8 Å². The first kappa shape index (κ1) is 54.7. The first-order chi connectivity index (χ1) is 28.1. The smallest absolute Gasteiger partial charge is 0.472 e. The molecule has 0 fully saturated rings. The average molecular weight is 834 g/mol. The Morgan fingerprint density at radius 2 is 1.00 bits per heavy atom.